The molecule has 0 spiro atoms. The second-order valence-electron chi connectivity index (χ2n) is 3.18. The van der Waals surface area contributed by atoms with Crippen LogP contribution in [0.25, 0.3) is 11.1 Å². The molecule has 78 valence electrons. The zero-order valence-corrected chi connectivity index (χ0v) is 8.15. The zero-order valence-electron chi connectivity index (χ0n) is 8.15. The quantitative estimate of drug-likeness (QED) is 0.726. The average molecular weight is 213 g/mol. The Labute approximate surface area is 90.0 Å². The monoisotopic (exact) mass is 213 g/mol. The second kappa shape index (κ2) is 3.87. The molecule has 1 aromatic carbocycles. The van der Waals surface area contributed by atoms with Crippen molar-refractivity contribution in [2.45, 2.75) is 0 Å². The van der Waals surface area contributed by atoms with Crippen LogP contribution in [0.1, 0.15) is 5.56 Å². The van der Waals surface area contributed by atoms with Crippen LogP contribution in [-0.4, -0.2) is 9.97 Å². The molecule has 0 saturated heterocycles. The van der Waals surface area contributed by atoms with E-state index < -0.39 is 11.2 Å². The van der Waals surface area contributed by atoms with Crippen LogP contribution in [-0.2, 0) is 0 Å². The fraction of sp³-hybridized carbons (Fsp3) is 0. The van der Waals surface area contributed by atoms with Crippen molar-refractivity contribution in [1.82, 2.24) is 9.97 Å². The molecule has 16 heavy (non-hydrogen) atoms. The molecular weight excluding hydrogens is 206 g/mol. The van der Waals surface area contributed by atoms with Gasteiger partial charge in [-0.2, -0.15) is 5.26 Å². The van der Waals surface area contributed by atoms with Gasteiger partial charge in [0.15, 0.2) is 0 Å². The molecule has 1 aromatic heterocycles. The van der Waals surface area contributed by atoms with Gasteiger partial charge in [-0.25, -0.2) is 4.79 Å². The summed E-state index contributed by atoms with van der Waals surface area (Å²) in [5, 5.41) is 8.73. The van der Waals surface area contributed by atoms with E-state index >= 15 is 0 Å². The van der Waals surface area contributed by atoms with Crippen LogP contribution >= 0.6 is 0 Å². The standard InChI is InChI=1S/C11H7N3O2/c12-5-7-2-1-3-8(4-7)9-6-13-11(16)14-10(9)15/h1-4,6H,(H2,13,14,15,16). The Kier molecular flexibility index (Phi) is 2.40. The summed E-state index contributed by atoms with van der Waals surface area (Å²) in [5.41, 5.74) is 0.361. The van der Waals surface area contributed by atoms with Gasteiger partial charge in [-0.3, -0.25) is 9.78 Å². The number of hydrogen-bond donors (Lipinski definition) is 2. The molecule has 0 fully saturated rings. The molecule has 0 aliphatic carbocycles. The molecule has 1 heterocycles. The second-order valence-corrected chi connectivity index (χ2v) is 3.18. The van der Waals surface area contributed by atoms with Gasteiger partial charge in [-0.05, 0) is 17.7 Å². The topological polar surface area (TPSA) is 89.5 Å². The number of hydrogen-bond acceptors (Lipinski definition) is 3. The van der Waals surface area contributed by atoms with Crippen LogP contribution in [0, 0.1) is 11.3 Å². The maximum atomic E-state index is 11.5. The predicted molar refractivity (Wildman–Crippen MR) is 57.8 cm³/mol. The van der Waals surface area contributed by atoms with E-state index in [9.17, 15) is 9.59 Å². The highest BCUT2D eigenvalue weighted by Crippen LogP contribution is 2.14. The van der Waals surface area contributed by atoms with Crippen molar-refractivity contribution in [3.8, 4) is 17.2 Å². The van der Waals surface area contributed by atoms with E-state index in [1.54, 1.807) is 24.3 Å². The van der Waals surface area contributed by atoms with Gasteiger partial charge in [-0.1, -0.05) is 12.1 Å². The zero-order chi connectivity index (χ0) is 11.5. The molecule has 0 saturated carbocycles. The summed E-state index contributed by atoms with van der Waals surface area (Å²) < 4.78 is 0. The molecule has 2 N–H and O–H groups in total. The maximum absolute atomic E-state index is 11.5. The lowest BCUT2D eigenvalue weighted by Crippen LogP contribution is -2.22. The van der Waals surface area contributed by atoms with E-state index in [0.717, 1.165) is 0 Å². The van der Waals surface area contributed by atoms with Crippen molar-refractivity contribution < 1.29 is 0 Å². The first-order chi connectivity index (χ1) is 7.70. The largest absolute Gasteiger partial charge is 0.325 e. The highest BCUT2D eigenvalue weighted by atomic mass is 16.2. The van der Waals surface area contributed by atoms with E-state index in [1.807, 2.05) is 6.07 Å². The first-order valence-corrected chi connectivity index (χ1v) is 4.53. The normalized spacial score (nSPS) is 9.69. The third-order valence-electron chi connectivity index (χ3n) is 2.12. The molecule has 0 bridgehead atoms. The number of aromatic nitrogens is 2. The number of H-pyrrole nitrogens is 2. The SMILES string of the molecule is N#Cc1cccc(-c2c[nH]c(=O)[nH]c2=O)c1. The van der Waals surface area contributed by atoms with Crippen LogP contribution < -0.4 is 11.2 Å². The Bertz CT molecular complexity index is 676. The van der Waals surface area contributed by atoms with Crippen molar-refractivity contribution in [2.75, 3.05) is 0 Å². The number of nitrogens with one attached hydrogen (secondary N) is 2. The van der Waals surface area contributed by atoms with Gasteiger partial charge in [0.2, 0.25) is 0 Å². The lowest BCUT2D eigenvalue weighted by Gasteiger charge is -1.99. The Morgan fingerprint density at radius 2 is 2.06 bits per heavy atom. The smallest absolute Gasteiger partial charge is 0.313 e. The minimum atomic E-state index is -0.551. The Morgan fingerprint density at radius 1 is 1.25 bits per heavy atom. The summed E-state index contributed by atoms with van der Waals surface area (Å²) in [6, 6.07) is 8.59. The summed E-state index contributed by atoms with van der Waals surface area (Å²) in [7, 11) is 0. The third kappa shape index (κ3) is 1.77. The lowest BCUT2D eigenvalue weighted by atomic mass is 10.1. The first-order valence-electron chi connectivity index (χ1n) is 4.53. The minimum Gasteiger partial charge on any atom is -0.313 e. The molecule has 0 aliphatic rings. The van der Waals surface area contributed by atoms with Crippen molar-refractivity contribution in [3.63, 3.8) is 0 Å². The fourth-order valence-corrected chi connectivity index (χ4v) is 1.38. The molecular formula is C11H7N3O2. The highest BCUT2D eigenvalue weighted by molar-refractivity contribution is 5.63. The fourth-order valence-electron chi connectivity index (χ4n) is 1.38. The number of nitriles is 1. The summed E-state index contributed by atoms with van der Waals surface area (Å²) in [6.45, 7) is 0. The van der Waals surface area contributed by atoms with Crippen LogP contribution in [0.2, 0.25) is 0 Å². The molecule has 5 heteroatoms. The average Bonchev–Trinajstić information content (AvgIpc) is 2.29. The van der Waals surface area contributed by atoms with Gasteiger partial charge in [-0.15, -0.1) is 0 Å². The predicted octanol–water partition coefficient (Wildman–Crippen LogP) is 0.602. The molecule has 2 rings (SSSR count). The van der Waals surface area contributed by atoms with Gasteiger partial charge in [0, 0.05) is 6.20 Å². The van der Waals surface area contributed by atoms with E-state index in [-0.39, 0.29) is 0 Å². The maximum Gasteiger partial charge on any atom is 0.325 e. The van der Waals surface area contributed by atoms with Crippen LogP contribution in [0.3, 0.4) is 0 Å². The van der Waals surface area contributed by atoms with Crippen molar-refractivity contribution in [3.05, 3.63) is 56.9 Å². The Morgan fingerprint density at radius 3 is 2.75 bits per heavy atom. The van der Waals surface area contributed by atoms with E-state index in [4.69, 9.17) is 5.26 Å². The lowest BCUT2D eigenvalue weighted by molar-refractivity contribution is 1.04. The molecule has 0 unspecified atom stereocenters. The summed E-state index contributed by atoms with van der Waals surface area (Å²) >= 11 is 0. The van der Waals surface area contributed by atoms with Crippen LogP contribution in [0.5, 0.6) is 0 Å². The number of aromatic amines is 2. The van der Waals surface area contributed by atoms with E-state index in [2.05, 4.69) is 9.97 Å². The third-order valence-corrected chi connectivity index (χ3v) is 2.12. The molecule has 5 nitrogen and oxygen atoms in total. The van der Waals surface area contributed by atoms with Gasteiger partial charge in [0.1, 0.15) is 0 Å². The molecule has 0 aliphatic heterocycles. The van der Waals surface area contributed by atoms with Crippen LogP contribution in [0.15, 0.2) is 40.1 Å². The molecule has 0 radical (unpaired) electrons. The number of rotatable bonds is 1. The van der Waals surface area contributed by atoms with Crippen molar-refractivity contribution in [1.29, 1.82) is 5.26 Å². The highest BCUT2D eigenvalue weighted by Gasteiger charge is 2.03. The summed E-state index contributed by atoms with van der Waals surface area (Å²) in [5.74, 6) is 0. The molecule has 0 atom stereocenters. The van der Waals surface area contributed by atoms with Crippen LogP contribution in [0.4, 0.5) is 0 Å². The van der Waals surface area contributed by atoms with Gasteiger partial charge < -0.3 is 4.98 Å². The summed E-state index contributed by atoms with van der Waals surface area (Å²) in [6.07, 6.45) is 1.33. The number of nitrogens with zero attached hydrogens (tertiary/aromatic N) is 1. The minimum absolute atomic E-state index is 0.330. The van der Waals surface area contributed by atoms with Gasteiger partial charge in [0.05, 0.1) is 17.2 Å². The molecule has 2 aromatic rings. The van der Waals surface area contributed by atoms with Crippen molar-refractivity contribution >= 4 is 0 Å². The van der Waals surface area contributed by atoms with Gasteiger partial charge >= 0.3 is 5.69 Å². The molecule has 0 amide bonds. The van der Waals surface area contributed by atoms with E-state index in [0.29, 0.717) is 16.7 Å². The van der Waals surface area contributed by atoms with Gasteiger partial charge in [0.25, 0.3) is 5.56 Å². The Hall–Kier alpha value is -2.61. The number of benzene rings is 1. The van der Waals surface area contributed by atoms with Crippen molar-refractivity contribution in [2.24, 2.45) is 0 Å². The first kappa shape index (κ1) is 9.93. The Balaban J connectivity index is 2.64. The summed E-state index contributed by atoms with van der Waals surface area (Å²) in [4.78, 5) is 26.8. The van der Waals surface area contributed by atoms with E-state index in [1.165, 1.54) is 6.20 Å².